The van der Waals surface area contributed by atoms with Crippen LogP contribution in [0.2, 0.25) is 0 Å². The number of aliphatic hydroxyl groups excluding tert-OH is 1. The second kappa shape index (κ2) is 9.83. The summed E-state index contributed by atoms with van der Waals surface area (Å²) in [7, 11) is 1.02. The maximum atomic E-state index is 12.9. The second-order valence-electron chi connectivity index (χ2n) is 5.96. The predicted molar refractivity (Wildman–Crippen MR) is 98.0 cm³/mol. The molecule has 1 N–H and O–H groups in total. The second-order valence-corrected chi connectivity index (χ2v) is 5.96. The van der Waals surface area contributed by atoms with Crippen LogP contribution in [0.15, 0.2) is 53.7 Å². The molecule has 2 aromatic carbocycles. The van der Waals surface area contributed by atoms with Gasteiger partial charge in [-0.25, -0.2) is 4.79 Å². The number of methoxy groups -OCH3 is 1. The molecule has 0 radical (unpaired) electrons. The smallest absolute Gasteiger partial charge is 0.416 e. The number of alkyl halides is 3. The summed E-state index contributed by atoms with van der Waals surface area (Å²) in [4.78, 5) is 27.4. The summed E-state index contributed by atoms with van der Waals surface area (Å²) in [5.41, 5.74) is -0.821. The lowest BCUT2D eigenvalue weighted by Gasteiger charge is -2.12. The van der Waals surface area contributed by atoms with E-state index >= 15 is 0 Å². The van der Waals surface area contributed by atoms with Crippen LogP contribution in [-0.4, -0.2) is 35.4 Å². The summed E-state index contributed by atoms with van der Waals surface area (Å²) in [6.07, 6.45) is -4.57. The molecule has 0 fully saturated rings. The normalized spacial score (nSPS) is 12.9. The van der Waals surface area contributed by atoms with Crippen molar-refractivity contribution >= 4 is 11.7 Å². The molecule has 160 valence electrons. The van der Waals surface area contributed by atoms with E-state index in [2.05, 4.69) is 9.89 Å². The number of nitrogens with zero attached hydrogens (tertiary/aromatic N) is 2. The SMILES string of the molecule is COC(=O)C(c1ccccc1CO/N=C(\CO)c1cccc(C(F)(F)F)c1)[N+](=O)[O-]. The van der Waals surface area contributed by atoms with Gasteiger partial charge >= 0.3 is 18.2 Å². The van der Waals surface area contributed by atoms with E-state index in [1.54, 1.807) is 6.07 Å². The van der Waals surface area contributed by atoms with Crippen LogP contribution in [-0.2, 0) is 27.2 Å². The molecule has 0 aliphatic heterocycles. The van der Waals surface area contributed by atoms with Gasteiger partial charge in [0.15, 0.2) is 0 Å². The molecular weight excluding hydrogens is 409 g/mol. The summed E-state index contributed by atoms with van der Waals surface area (Å²) in [6, 6.07) is 8.26. The zero-order valence-electron chi connectivity index (χ0n) is 15.6. The molecule has 0 aliphatic carbocycles. The molecule has 2 aromatic rings. The Balaban J connectivity index is 2.26. The highest BCUT2D eigenvalue weighted by Gasteiger charge is 2.35. The number of halogens is 3. The van der Waals surface area contributed by atoms with E-state index in [-0.39, 0.29) is 29.0 Å². The van der Waals surface area contributed by atoms with Gasteiger partial charge in [-0.1, -0.05) is 41.6 Å². The van der Waals surface area contributed by atoms with Crippen molar-refractivity contribution in [2.45, 2.75) is 18.8 Å². The van der Waals surface area contributed by atoms with Crippen molar-refractivity contribution in [2.24, 2.45) is 5.16 Å². The molecule has 0 spiro atoms. The lowest BCUT2D eigenvalue weighted by Crippen LogP contribution is -2.23. The van der Waals surface area contributed by atoms with Crippen molar-refractivity contribution < 1.29 is 37.6 Å². The van der Waals surface area contributed by atoms with E-state index in [9.17, 15) is 33.2 Å². The fourth-order valence-electron chi connectivity index (χ4n) is 2.60. The van der Waals surface area contributed by atoms with Crippen molar-refractivity contribution in [3.63, 3.8) is 0 Å². The zero-order chi connectivity index (χ0) is 22.3. The van der Waals surface area contributed by atoms with Gasteiger partial charge in [0.05, 0.1) is 19.3 Å². The number of carbonyl (C=O) groups is 1. The molecular formula is C19H17F3N2O6. The summed E-state index contributed by atoms with van der Waals surface area (Å²) < 4.78 is 43.1. The lowest BCUT2D eigenvalue weighted by molar-refractivity contribution is -0.516. The number of oxime groups is 1. The minimum atomic E-state index is -4.57. The average molecular weight is 426 g/mol. The molecule has 0 saturated heterocycles. The van der Waals surface area contributed by atoms with Crippen LogP contribution in [0.4, 0.5) is 13.2 Å². The molecule has 1 atom stereocenters. The van der Waals surface area contributed by atoms with Gasteiger partial charge in [0.1, 0.15) is 12.3 Å². The highest BCUT2D eigenvalue weighted by Crippen LogP contribution is 2.29. The van der Waals surface area contributed by atoms with E-state index in [1.807, 2.05) is 0 Å². The number of hydrogen-bond acceptors (Lipinski definition) is 7. The molecule has 2 rings (SSSR count). The minimum Gasteiger partial charge on any atom is -0.464 e. The van der Waals surface area contributed by atoms with Crippen LogP contribution >= 0.6 is 0 Å². The first-order valence-electron chi connectivity index (χ1n) is 8.45. The quantitative estimate of drug-likeness (QED) is 0.301. The third kappa shape index (κ3) is 5.54. The van der Waals surface area contributed by atoms with Crippen molar-refractivity contribution in [3.05, 3.63) is 80.9 Å². The van der Waals surface area contributed by atoms with Crippen LogP contribution in [0.3, 0.4) is 0 Å². The fourth-order valence-corrected chi connectivity index (χ4v) is 2.60. The highest BCUT2D eigenvalue weighted by atomic mass is 19.4. The lowest BCUT2D eigenvalue weighted by atomic mass is 10.0. The monoisotopic (exact) mass is 426 g/mol. The minimum absolute atomic E-state index is 0.00154. The largest absolute Gasteiger partial charge is 0.464 e. The Bertz CT molecular complexity index is 946. The van der Waals surface area contributed by atoms with Gasteiger partial charge in [0.2, 0.25) is 0 Å². The fraction of sp³-hybridized carbons (Fsp3) is 0.263. The van der Waals surface area contributed by atoms with Gasteiger partial charge in [-0.05, 0) is 12.1 Å². The third-order valence-electron chi connectivity index (χ3n) is 4.05. The molecule has 30 heavy (non-hydrogen) atoms. The molecule has 0 aromatic heterocycles. The summed E-state index contributed by atoms with van der Waals surface area (Å²) >= 11 is 0. The maximum Gasteiger partial charge on any atom is 0.416 e. The molecule has 0 bridgehead atoms. The molecule has 11 heteroatoms. The molecule has 0 amide bonds. The van der Waals surface area contributed by atoms with E-state index in [4.69, 9.17) is 4.84 Å². The maximum absolute atomic E-state index is 12.9. The number of aliphatic hydroxyl groups is 1. The summed E-state index contributed by atoms with van der Waals surface area (Å²) in [5, 5.41) is 24.4. The topological polar surface area (TPSA) is 111 Å². The Morgan fingerprint density at radius 3 is 2.53 bits per heavy atom. The van der Waals surface area contributed by atoms with E-state index in [0.717, 1.165) is 25.3 Å². The average Bonchev–Trinajstić information content (AvgIpc) is 2.71. The van der Waals surface area contributed by atoms with Crippen molar-refractivity contribution in [2.75, 3.05) is 13.7 Å². The summed E-state index contributed by atoms with van der Waals surface area (Å²) in [5.74, 6) is -1.07. The standard InChI is InChI=1S/C19H17F3N2O6/c1-29-18(26)17(24(27)28)15-8-3-2-5-13(15)11-30-23-16(10-25)12-6-4-7-14(9-12)19(20,21)22/h2-9,17,25H,10-11H2,1H3/b23-16+. The number of benzene rings is 2. The van der Waals surface area contributed by atoms with Gasteiger partial charge in [-0.2, -0.15) is 13.2 Å². The third-order valence-corrected chi connectivity index (χ3v) is 4.05. The number of ether oxygens (including phenoxy) is 1. The first kappa shape index (κ1) is 22.8. The van der Waals surface area contributed by atoms with Gasteiger partial charge < -0.3 is 14.7 Å². The van der Waals surface area contributed by atoms with Crippen LogP contribution in [0.25, 0.3) is 0 Å². The van der Waals surface area contributed by atoms with Crippen molar-refractivity contribution in [3.8, 4) is 0 Å². The summed E-state index contributed by atoms with van der Waals surface area (Å²) in [6.45, 7) is -1.04. The molecule has 0 aliphatic rings. The Kier molecular flexibility index (Phi) is 7.48. The van der Waals surface area contributed by atoms with Gasteiger partial charge in [0.25, 0.3) is 0 Å². The van der Waals surface area contributed by atoms with Crippen molar-refractivity contribution in [1.82, 2.24) is 0 Å². The molecule has 0 heterocycles. The highest BCUT2D eigenvalue weighted by molar-refractivity contribution is 6.01. The Morgan fingerprint density at radius 1 is 1.23 bits per heavy atom. The van der Waals surface area contributed by atoms with Gasteiger partial charge in [-0.15, -0.1) is 0 Å². The Hall–Kier alpha value is -3.47. The number of hydrogen-bond donors (Lipinski definition) is 1. The van der Waals surface area contributed by atoms with Crippen LogP contribution in [0, 0.1) is 10.1 Å². The number of rotatable bonds is 8. The van der Waals surface area contributed by atoms with E-state index in [0.29, 0.717) is 0 Å². The van der Waals surface area contributed by atoms with E-state index < -0.39 is 35.3 Å². The van der Waals surface area contributed by atoms with E-state index in [1.165, 1.54) is 24.3 Å². The first-order chi connectivity index (χ1) is 14.2. The number of carbonyl (C=O) groups excluding carboxylic acids is 1. The van der Waals surface area contributed by atoms with Gasteiger partial charge in [0, 0.05) is 21.6 Å². The van der Waals surface area contributed by atoms with Crippen molar-refractivity contribution in [1.29, 1.82) is 0 Å². The van der Waals surface area contributed by atoms with Gasteiger partial charge in [-0.3, -0.25) is 10.1 Å². The molecule has 1 unspecified atom stereocenters. The molecule has 8 nitrogen and oxygen atoms in total. The predicted octanol–water partition coefficient (Wildman–Crippen LogP) is 3.11. The zero-order valence-corrected chi connectivity index (χ0v) is 15.6. The van der Waals surface area contributed by atoms with Crippen LogP contribution in [0.5, 0.6) is 0 Å². The van der Waals surface area contributed by atoms with Crippen LogP contribution in [0.1, 0.15) is 28.3 Å². The Labute approximate surface area is 168 Å². The number of esters is 1. The Morgan fingerprint density at radius 2 is 1.93 bits per heavy atom. The molecule has 0 saturated carbocycles. The first-order valence-corrected chi connectivity index (χ1v) is 8.45. The van der Waals surface area contributed by atoms with Crippen LogP contribution < -0.4 is 0 Å². The number of nitro groups is 1.